The first kappa shape index (κ1) is 9.00. The number of nitrogens with zero attached hydrogens (tertiary/aromatic N) is 2. The minimum Gasteiger partial charge on any atom is -0.282 e. The number of anilines is 1. The second-order valence-corrected chi connectivity index (χ2v) is 2.22. The Bertz CT molecular complexity index is 317. The second-order valence-electron chi connectivity index (χ2n) is 2.22. The van der Waals surface area contributed by atoms with Gasteiger partial charge in [-0.1, -0.05) is 6.07 Å². The van der Waals surface area contributed by atoms with Crippen LogP contribution in [0.5, 0.6) is 0 Å². The van der Waals surface area contributed by atoms with Gasteiger partial charge in [-0.25, -0.2) is 4.98 Å². The van der Waals surface area contributed by atoms with Gasteiger partial charge in [0.1, 0.15) is 12.2 Å². The van der Waals surface area contributed by atoms with Gasteiger partial charge < -0.3 is 0 Å². The molecule has 0 saturated heterocycles. The lowest BCUT2D eigenvalue weighted by atomic mass is 10.4. The Balaban J connectivity index is 2.36. The molecule has 1 heterocycles. The van der Waals surface area contributed by atoms with Crippen LogP contribution in [0.4, 0.5) is 5.82 Å². The molecule has 1 aromatic heterocycles. The van der Waals surface area contributed by atoms with Gasteiger partial charge >= 0.3 is 0 Å². The zero-order valence-electron chi connectivity index (χ0n) is 6.82. The van der Waals surface area contributed by atoms with Crippen molar-refractivity contribution in [1.29, 1.82) is 5.26 Å². The van der Waals surface area contributed by atoms with Crippen LogP contribution in [-0.4, -0.2) is 10.9 Å². The molecule has 0 fully saturated rings. The number of carbonyl (C=O) groups excluding carboxylic acids is 1. The number of nitrogens with one attached hydrogen (secondary N) is 2. The van der Waals surface area contributed by atoms with Crippen molar-refractivity contribution in [2.75, 3.05) is 5.43 Å². The first-order valence-corrected chi connectivity index (χ1v) is 3.66. The van der Waals surface area contributed by atoms with Crippen LogP contribution in [0, 0.1) is 11.3 Å². The van der Waals surface area contributed by atoms with Crippen LogP contribution in [0.25, 0.3) is 0 Å². The molecule has 0 saturated carbocycles. The van der Waals surface area contributed by atoms with Crippen LogP contribution in [0.15, 0.2) is 24.4 Å². The number of hydrogen-bond donors (Lipinski definition) is 2. The van der Waals surface area contributed by atoms with Gasteiger partial charge in [0, 0.05) is 6.20 Å². The SMILES string of the molecule is N#CCC(=O)NNc1ccccn1. The number of hydrogen-bond acceptors (Lipinski definition) is 4. The van der Waals surface area contributed by atoms with Gasteiger partial charge in [-0.2, -0.15) is 5.26 Å². The lowest BCUT2D eigenvalue weighted by Gasteiger charge is -2.04. The highest BCUT2D eigenvalue weighted by Crippen LogP contribution is 1.96. The number of nitriles is 1. The summed E-state index contributed by atoms with van der Waals surface area (Å²) in [5.41, 5.74) is 4.89. The highest BCUT2D eigenvalue weighted by molar-refractivity contribution is 5.79. The molecular weight excluding hydrogens is 168 g/mol. The quantitative estimate of drug-likeness (QED) is 0.655. The van der Waals surface area contributed by atoms with E-state index in [1.807, 2.05) is 0 Å². The molecule has 1 aromatic rings. The Morgan fingerprint density at radius 2 is 2.46 bits per heavy atom. The summed E-state index contributed by atoms with van der Waals surface area (Å²) in [5, 5.41) is 8.18. The Kier molecular flexibility index (Phi) is 3.27. The Morgan fingerprint density at radius 1 is 1.62 bits per heavy atom. The highest BCUT2D eigenvalue weighted by Gasteiger charge is 1.97. The van der Waals surface area contributed by atoms with Gasteiger partial charge in [0.15, 0.2) is 0 Å². The van der Waals surface area contributed by atoms with E-state index in [-0.39, 0.29) is 12.3 Å². The maximum absolute atomic E-state index is 10.8. The van der Waals surface area contributed by atoms with Crippen molar-refractivity contribution in [2.45, 2.75) is 6.42 Å². The fourth-order valence-electron chi connectivity index (χ4n) is 0.686. The number of rotatable bonds is 3. The van der Waals surface area contributed by atoms with Crippen molar-refractivity contribution in [3.05, 3.63) is 24.4 Å². The predicted octanol–water partition coefficient (Wildman–Crippen LogP) is 0.438. The summed E-state index contributed by atoms with van der Waals surface area (Å²) in [6.45, 7) is 0. The summed E-state index contributed by atoms with van der Waals surface area (Å²) in [7, 11) is 0. The molecule has 0 unspecified atom stereocenters. The Labute approximate surface area is 75.4 Å². The summed E-state index contributed by atoms with van der Waals surface area (Å²) >= 11 is 0. The van der Waals surface area contributed by atoms with Crippen molar-refractivity contribution < 1.29 is 4.79 Å². The van der Waals surface area contributed by atoms with Crippen molar-refractivity contribution in [3.8, 4) is 6.07 Å². The van der Waals surface area contributed by atoms with E-state index in [1.165, 1.54) is 0 Å². The average molecular weight is 176 g/mol. The van der Waals surface area contributed by atoms with Gasteiger partial charge in [-0.15, -0.1) is 0 Å². The van der Waals surface area contributed by atoms with Crippen LogP contribution in [0.2, 0.25) is 0 Å². The minimum absolute atomic E-state index is 0.167. The average Bonchev–Trinajstić information content (AvgIpc) is 2.17. The third-order valence-corrected chi connectivity index (χ3v) is 1.23. The number of pyridine rings is 1. The van der Waals surface area contributed by atoms with E-state index >= 15 is 0 Å². The molecule has 2 N–H and O–H groups in total. The fourth-order valence-corrected chi connectivity index (χ4v) is 0.686. The molecule has 1 amide bonds. The molecule has 1 rings (SSSR count). The van der Waals surface area contributed by atoms with Crippen LogP contribution in [-0.2, 0) is 4.79 Å². The first-order valence-electron chi connectivity index (χ1n) is 3.66. The molecule has 66 valence electrons. The van der Waals surface area contributed by atoms with E-state index in [1.54, 1.807) is 30.5 Å². The number of aromatic nitrogens is 1. The number of amides is 1. The van der Waals surface area contributed by atoms with Crippen LogP contribution >= 0.6 is 0 Å². The lowest BCUT2D eigenvalue weighted by Crippen LogP contribution is -2.29. The van der Waals surface area contributed by atoms with Crippen molar-refractivity contribution >= 4 is 11.7 Å². The molecule has 0 aliphatic carbocycles. The summed E-state index contributed by atoms with van der Waals surface area (Å²) in [6.07, 6.45) is 1.43. The summed E-state index contributed by atoms with van der Waals surface area (Å²) in [5.74, 6) is 0.155. The summed E-state index contributed by atoms with van der Waals surface area (Å²) in [6, 6.07) is 6.98. The number of hydrazine groups is 1. The molecule has 0 bridgehead atoms. The molecule has 0 atom stereocenters. The minimum atomic E-state index is -0.381. The zero-order chi connectivity index (χ0) is 9.52. The third-order valence-electron chi connectivity index (χ3n) is 1.23. The second kappa shape index (κ2) is 4.72. The van der Waals surface area contributed by atoms with Crippen molar-refractivity contribution in [1.82, 2.24) is 10.4 Å². The molecule has 0 aliphatic heterocycles. The van der Waals surface area contributed by atoms with Gasteiger partial charge in [-0.05, 0) is 12.1 Å². The molecule has 5 heteroatoms. The van der Waals surface area contributed by atoms with E-state index in [0.29, 0.717) is 5.82 Å². The van der Waals surface area contributed by atoms with E-state index < -0.39 is 0 Å². The molecule has 0 spiro atoms. The van der Waals surface area contributed by atoms with E-state index in [9.17, 15) is 4.79 Å². The zero-order valence-corrected chi connectivity index (χ0v) is 6.82. The van der Waals surface area contributed by atoms with Gasteiger partial charge in [0.05, 0.1) is 6.07 Å². The first-order chi connectivity index (χ1) is 6.33. The van der Waals surface area contributed by atoms with Crippen molar-refractivity contribution in [3.63, 3.8) is 0 Å². The lowest BCUT2D eigenvalue weighted by molar-refractivity contribution is -0.119. The standard InChI is InChI=1S/C8H8N4O/c9-5-4-8(13)12-11-7-3-1-2-6-10-7/h1-3,6H,4H2,(H,10,11)(H,12,13). The normalized spacial score (nSPS) is 8.54. The van der Waals surface area contributed by atoms with Crippen LogP contribution < -0.4 is 10.9 Å². The maximum Gasteiger partial charge on any atom is 0.252 e. The van der Waals surface area contributed by atoms with E-state index in [2.05, 4.69) is 15.8 Å². The Morgan fingerprint density at radius 3 is 3.08 bits per heavy atom. The largest absolute Gasteiger partial charge is 0.282 e. The molecule has 0 aromatic carbocycles. The molecule has 0 radical (unpaired) electrons. The molecule has 5 nitrogen and oxygen atoms in total. The molecular formula is C8H8N4O. The smallest absolute Gasteiger partial charge is 0.252 e. The molecule has 0 aliphatic rings. The van der Waals surface area contributed by atoms with Gasteiger partial charge in [0.25, 0.3) is 5.91 Å². The third kappa shape index (κ3) is 3.20. The van der Waals surface area contributed by atoms with Crippen molar-refractivity contribution in [2.24, 2.45) is 0 Å². The van der Waals surface area contributed by atoms with E-state index in [4.69, 9.17) is 5.26 Å². The monoisotopic (exact) mass is 176 g/mol. The maximum atomic E-state index is 10.8. The number of carbonyl (C=O) groups is 1. The Hall–Kier alpha value is -2.09. The van der Waals surface area contributed by atoms with Crippen LogP contribution in [0.1, 0.15) is 6.42 Å². The predicted molar refractivity (Wildman–Crippen MR) is 46.2 cm³/mol. The summed E-state index contributed by atoms with van der Waals surface area (Å²) < 4.78 is 0. The highest BCUT2D eigenvalue weighted by atomic mass is 16.2. The van der Waals surface area contributed by atoms with E-state index in [0.717, 1.165) is 0 Å². The molecule has 13 heavy (non-hydrogen) atoms. The fraction of sp³-hybridized carbons (Fsp3) is 0.125. The van der Waals surface area contributed by atoms with Crippen LogP contribution in [0.3, 0.4) is 0 Å². The summed E-state index contributed by atoms with van der Waals surface area (Å²) in [4.78, 5) is 14.7. The van der Waals surface area contributed by atoms with Gasteiger partial charge in [0.2, 0.25) is 0 Å². The van der Waals surface area contributed by atoms with Gasteiger partial charge in [-0.3, -0.25) is 15.6 Å². The topological polar surface area (TPSA) is 77.8 Å².